The van der Waals surface area contributed by atoms with Crippen LogP contribution in [0, 0.1) is 0 Å². The number of hydrogen-bond donors (Lipinski definition) is 1. The first kappa shape index (κ1) is 12.3. The second kappa shape index (κ2) is 5.45. The Balaban J connectivity index is 2.07. The Kier molecular flexibility index (Phi) is 4.19. The molecule has 16 heavy (non-hydrogen) atoms. The highest BCUT2D eigenvalue weighted by Crippen LogP contribution is 2.26. The molecule has 0 amide bonds. The van der Waals surface area contributed by atoms with Gasteiger partial charge in [0.25, 0.3) is 0 Å². The fraction of sp³-hybridized carbons (Fsp3) is 0.167. The lowest BCUT2D eigenvalue weighted by Gasteiger charge is -2.09. The standard InChI is InChI=1S/C12H11Br2NS/c13-9-3-1-8(2-4-9)5-11(15)12-6-10(14)7-16-12/h1-4,6-7,11H,5,15H2. The lowest BCUT2D eigenvalue weighted by atomic mass is 10.1. The number of nitrogens with two attached hydrogens (primary N) is 1. The zero-order chi connectivity index (χ0) is 11.5. The van der Waals surface area contributed by atoms with Crippen LogP contribution >= 0.6 is 43.2 Å². The van der Waals surface area contributed by atoms with Gasteiger partial charge in [-0.25, -0.2) is 0 Å². The van der Waals surface area contributed by atoms with Gasteiger partial charge in [0.1, 0.15) is 0 Å². The molecule has 0 saturated carbocycles. The quantitative estimate of drug-likeness (QED) is 0.855. The smallest absolute Gasteiger partial charge is 0.0431 e. The van der Waals surface area contributed by atoms with E-state index in [1.807, 2.05) is 12.1 Å². The Bertz CT molecular complexity index is 464. The van der Waals surface area contributed by atoms with Gasteiger partial charge in [-0.1, -0.05) is 28.1 Å². The van der Waals surface area contributed by atoms with Gasteiger partial charge in [-0.15, -0.1) is 11.3 Å². The molecule has 0 aliphatic rings. The van der Waals surface area contributed by atoms with Crippen LogP contribution in [-0.2, 0) is 6.42 Å². The summed E-state index contributed by atoms with van der Waals surface area (Å²) in [6.45, 7) is 0. The molecule has 1 unspecified atom stereocenters. The first-order chi connectivity index (χ1) is 7.65. The predicted octanol–water partition coefficient (Wildman–Crippen LogP) is 4.52. The lowest BCUT2D eigenvalue weighted by Crippen LogP contribution is -2.11. The molecule has 1 atom stereocenters. The van der Waals surface area contributed by atoms with E-state index in [1.54, 1.807) is 11.3 Å². The Labute approximate surface area is 116 Å². The molecule has 0 aliphatic carbocycles. The molecule has 0 spiro atoms. The molecular weight excluding hydrogens is 350 g/mol. The van der Waals surface area contributed by atoms with Crippen LogP contribution in [0.4, 0.5) is 0 Å². The summed E-state index contributed by atoms with van der Waals surface area (Å²) in [7, 11) is 0. The average molecular weight is 361 g/mol. The van der Waals surface area contributed by atoms with Crippen molar-refractivity contribution < 1.29 is 0 Å². The SMILES string of the molecule is NC(Cc1ccc(Br)cc1)c1cc(Br)cs1. The predicted molar refractivity (Wildman–Crippen MR) is 76.8 cm³/mol. The van der Waals surface area contributed by atoms with Crippen LogP contribution < -0.4 is 5.73 Å². The van der Waals surface area contributed by atoms with Crippen molar-refractivity contribution in [3.05, 3.63) is 55.1 Å². The first-order valence-electron chi connectivity index (χ1n) is 4.89. The van der Waals surface area contributed by atoms with Crippen molar-refractivity contribution in [2.75, 3.05) is 0 Å². The van der Waals surface area contributed by atoms with Crippen molar-refractivity contribution in [3.8, 4) is 0 Å². The second-order valence-corrected chi connectivity index (χ2v) is 6.38. The monoisotopic (exact) mass is 359 g/mol. The van der Waals surface area contributed by atoms with Gasteiger partial charge in [-0.05, 0) is 46.1 Å². The van der Waals surface area contributed by atoms with Gasteiger partial charge in [0, 0.05) is 25.2 Å². The summed E-state index contributed by atoms with van der Waals surface area (Å²) >= 11 is 8.57. The van der Waals surface area contributed by atoms with Crippen molar-refractivity contribution in [1.29, 1.82) is 0 Å². The zero-order valence-electron chi connectivity index (χ0n) is 8.49. The van der Waals surface area contributed by atoms with Crippen molar-refractivity contribution >= 4 is 43.2 Å². The molecule has 0 bridgehead atoms. The summed E-state index contributed by atoms with van der Waals surface area (Å²) in [4.78, 5) is 1.22. The molecule has 1 nitrogen and oxygen atoms in total. The highest BCUT2D eigenvalue weighted by atomic mass is 79.9. The van der Waals surface area contributed by atoms with E-state index in [4.69, 9.17) is 5.73 Å². The van der Waals surface area contributed by atoms with Gasteiger partial charge in [-0.2, -0.15) is 0 Å². The number of benzene rings is 1. The Morgan fingerprint density at radius 3 is 2.38 bits per heavy atom. The minimum Gasteiger partial charge on any atom is -0.323 e. The summed E-state index contributed by atoms with van der Waals surface area (Å²) in [6.07, 6.45) is 0.875. The maximum atomic E-state index is 6.16. The van der Waals surface area contributed by atoms with Gasteiger partial charge >= 0.3 is 0 Å². The van der Waals surface area contributed by atoms with Crippen LogP contribution in [-0.4, -0.2) is 0 Å². The summed E-state index contributed by atoms with van der Waals surface area (Å²) in [5, 5.41) is 2.07. The molecule has 1 heterocycles. The lowest BCUT2D eigenvalue weighted by molar-refractivity contribution is 0.736. The molecule has 4 heteroatoms. The van der Waals surface area contributed by atoms with E-state index in [0.29, 0.717) is 0 Å². The molecular formula is C12H11Br2NS. The fourth-order valence-electron chi connectivity index (χ4n) is 1.50. The minimum atomic E-state index is 0.0810. The Hall–Kier alpha value is -0.160. The maximum absolute atomic E-state index is 6.16. The third-order valence-electron chi connectivity index (χ3n) is 2.32. The molecule has 0 radical (unpaired) electrons. The van der Waals surface area contributed by atoms with Gasteiger partial charge in [0.2, 0.25) is 0 Å². The third kappa shape index (κ3) is 3.17. The summed E-state index contributed by atoms with van der Waals surface area (Å²) in [5.74, 6) is 0. The summed E-state index contributed by atoms with van der Waals surface area (Å²) < 4.78 is 2.21. The topological polar surface area (TPSA) is 26.0 Å². The van der Waals surface area contributed by atoms with E-state index in [9.17, 15) is 0 Å². The molecule has 2 aromatic rings. The second-order valence-electron chi connectivity index (χ2n) is 3.60. The van der Waals surface area contributed by atoms with E-state index < -0.39 is 0 Å². The van der Waals surface area contributed by atoms with Gasteiger partial charge in [0.15, 0.2) is 0 Å². The Morgan fingerprint density at radius 2 is 1.81 bits per heavy atom. The van der Waals surface area contributed by atoms with Gasteiger partial charge in [0.05, 0.1) is 0 Å². The van der Waals surface area contributed by atoms with Crippen LogP contribution in [0.3, 0.4) is 0 Å². The van der Waals surface area contributed by atoms with E-state index in [-0.39, 0.29) is 6.04 Å². The minimum absolute atomic E-state index is 0.0810. The van der Waals surface area contributed by atoms with Gasteiger partial charge in [-0.3, -0.25) is 0 Å². The van der Waals surface area contributed by atoms with Crippen molar-refractivity contribution in [3.63, 3.8) is 0 Å². The average Bonchev–Trinajstić information content (AvgIpc) is 2.68. The number of halogens is 2. The molecule has 2 N–H and O–H groups in total. The van der Waals surface area contributed by atoms with E-state index in [2.05, 4.69) is 55.4 Å². The fourth-order valence-corrected chi connectivity index (χ4v) is 3.21. The van der Waals surface area contributed by atoms with Crippen LogP contribution in [0.1, 0.15) is 16.5 Å². The van der Waals surface area contributed by atoms with Crippen molar-refractivity contribution in [2.24, 2.45) is 5.73 Å². The number of thiophene rings is 1. The molecule has 1 aromatic heterocycles. The molecule has 0 fully saturated rings. The zero-order valence-corrected chi connectivity index (χ0v) is 12.5. The summed E-state index contributed by atoms with van der Waals surface area (Å²) in [5.41, 5.74) is 7.42. The molecule has 2 rings (SSSR count). The molecule has 1 aromatic carbocycles. The van der Waals surface area contributed by atoms with E-state index in [1.165, 1.54) is 10.4 Å². The van der Waals surface area contributed by atoms with Crippen molar-refractivity contribution in [2.45, 2.75) is 12.5 Å². The summed E-state index contributed by atoms with van der Waals surface area (Å²) in [6, 6.07) is 10.5. The first-order valence-corrected chi connectivity index (χ1v) is 7.35. The van der Waals surface area contributed by atoms with Crippen LogP contribution in [0.25, 0.3) is 0 Å². The highest BCUT2D eigenvalue weighted by Gasteiger charge is 2.09. The van der Waals surface area contributed by atoms with E-state index >= 15 is 0 Å². The van der Waals surface area contributed by atoms with Crippen LogP contribution in [0.15, 0.2) is 44.7 Å². The highest BCUT2D eigenvalue weighted by molar-refractivity contribution is 9.10. The van der Waals surface area contributed by atoms with Crippen LogP contribution in [0.5, 0.6) is 0 Å². The normalized spacial score (nSPS) is 12.7. The molecule has 84 valence electrons. The number of rotatable bonds is 3. The van der Waals surface area contributed by atoms with Crippen molar-refractivity contribution in [1.82, 2.24) is 0 Å². The third-order valence-corrected chi connectivity index (χ3v) is 4.68. The van der Waals surface area contributed by atoms with E-state index in [0.717, 1.165) is 15.4 Å². The molecule has 0 saturated heterocycles. The largest absolute Gasteiger partial charge is 0.323 e. The van der Waals surface area contributed by atoms with Crippen LogP contribution in [0.2, 0.25) is 0 Å². The Morgan fingerprint density at radius 1 is 1.12 bits per heavy atom. The van der Waals surface area contributed by atoms with Gasteiger partial charge < -0.3 is 5.73 Å². The number of hydrogen-bond acceptors (Lipinski definition) is 2. The maximum Gasteiger partial charge on any atom is 0.0431 e. The molecule has 0 aliphatic heterocycles.